The summed E-state index contributed by atoms with van der Waals surface area (Å²) in [5.74, 6) is 1.18. The Bertz CT molecular complexity index is 1100. The summed E-state index contributed by atoms with van der Waals surface area (Å²) in [6.45, 7) is 7.75. The van der Waals surface area contributed by atoms with Crippen molar-refractivity contribution >= 4 is 15.7 Å². The SMILES string of the molecule is COc1ccc(S(=O)(=O)Nc2cccc(C)c2)cc1-c1noc(C(C)(C)C)n1. The third kappa shape index (κ3) is 4.17. The van der Waals surface area contributed by atoms with Crippen LogP contribution < -0.4 is 9.46 Å². The predicted octanol–water partition coefficient (Wildman–Crippen LogP) is 4.15. The second-order valence-electron chi connectivity index (χ2n) is 7.51. The lowest BCUT2D eigenvalue weighted by Crippen LogP contribution is -2.13. The second-order valence-corrected chi connectivity index (χ2v) is 9.19. The average molecular weight is 401 g/mol. The number of nitrogens with zero attached hydrogens (tertiary/aromatic N) is 2. The highest BCUT2D eigenvalue weighted by Gasteiger charge is 2.25. The van der Waals surface area contributed by atoms with Gasteiger partial charge in [-0.05, 0) is 42.8 Å². The topological polar surface area (TPSA) is 94.3 Å². The molecule has 2 aromatic carbocycles. The summed E-state index contributed by atoms with van der Waals surface area (Å²) < 4.78 is 39.0. The molecule has 0 aliphatic rings. The van der Waals surface area contributed by atoms with Gasteiger partial charge in [-0.3, -0.25) is 4.72 Å². The molecule has 8 heteroatoms. The number of benzene rings is 2. The van der Waals surface area contributed by atoms with E-state index in [9.17, 15) is 8.42 Å². The Morgan fingerprint density at radius 2 is 1.86 bits per heavy atom. The van der Waals surface area contributed by atoms with E-state index in [4.69, 9.17) is 9.26 Å². The monoisotopic (exact) mass is 401 g/mol. The van der Waals surface area contributed by atoms with E-state index in [-0.39, 0.29) is 16.1 Å². The van der Waals surface area contributed by atoms with E-state index in [1.165, 1.54) is 19.2 Å². The first kappa shape index (κ1) is 19.9. The molecule has 0 saturated carbocycles. The highest BCUT2D eigenvalue weighted by molar-refractivity contribution is 7.92. The molecule has 1 heterocycles. The van der Waals surface area contributed by atoms with Crippen LogP contribution in [-0.2, 0) is 15.4 Å². The van der Waals surface area contributed by atoms with Crippen LogP contribution in [0.15, 0.2) is 51.9 Å². The van der Waals surface area contributed by atoms with Crippen molar-refractivity contribution in [2.45, 2.75) is 38.0 Å². The molecule has 3 rings (SSSR count). The third-order valence-corrected chi connectivity index (χ3v) is 5.44. The van der Waals surface area contributed by atoms with Crippen molar-refractivity contribution in [1.29, 1.82) is 0 Å². The molecule has 0 unspecified atom stereocenters. The zero-order chi connectivity index (χ0) is 20.5. The van der Waals surface area contributed by atoms with Gasteiger partial charge in [0.25, 0.3) is 10.0 Å². The first-order chi connectivity index (χ1) is 13.1. The Hall–Kier alpha value is -2.87. The van der Waals surface area contributed by atoms with Crippen molar-refractivity contribution < 1.29 is 17.7 Å². The van der Waals surface area contributed by atoms with Gasteiger partial charge in [0.1, 0.15) is 5.75 Å². The lowest BCUT2D eigenvalue weighted by Gasteiger charge is -2.12. The molecule has 0 atom stereocenters. The molecule has 0 fully saturated rings. The number of sulfonamides is 1. The zero-order valence-electron chi connectivity index (χ0n) is 16.5. The van der Waals surface area contributed by atoms with E-state index in [1.54, 1.807) is 24.3 Å². The first-order valence-electron chi connectivity index (χ1n) is 8.72. The average Bonchev–Trinajstić information content (AvgIpc) is 3.11. The number of hydrogen-bond acceptors (Lipinski definition) is 6. The number of aryl methyl sites for hydroxylation is 1. The minimum Gasteiger partial charge on any atom is -0.496 e. The van der Waals surface area contributed by atoms with Crippen LogP contribution in [0.25, 0.3) is 11.4 Å². The van der Waals surface area contributed by atoms with Crippen molar-refractivity contribution in [2.75, 3.05) is 11.8 Å². The van der Waals surface area contributed by atoms with Gasteiger partial charge in [0.05, 0.1) is 17.6 Å². The molecular weight excluding hydrogens is 378 g/mol. The van der Waals surface area contributed by atoms with Crippen molar-refractivity contribution in [3.63, 3.8) is 0 Å². The highest BCUT2D eigenvalue weighted by Crippen LogP contribution is 2.32. The van der Waals surface area contributed by atoms with E-state index in [0.717, 1.165) is 5.56 Å². The smallest absolute Gasteiger partial charge is 0.261 e. The maximum Gasteiger partial charge on any atom is 0.261 e. The molecule has 1 N–H and O–H groups in total. The van der Waals surface area contributed by atoms with Gasteiger partial charge in [0.15, 0.2) is 0 Å². The molecule has 0 spiro atoms. The maximum atomic E-state index is 12.8. The summed E-state index contributed by atoms with van der Waals surface area (Å²) in [6.07, 6.45) is 0. The summed E-state index contributed by atoms with van der Waals surface area (Å²) in [5.41, 5.74) is 1.56. The lowest BCUT2D eigenvalue weighted by atomic mass is 9.97. The summed E-state index contributed by atoms with van der Waals surface area (Å²) >= 11 is 0. The fraction of sp³-hybridized carbons (Fsp3) is 0.300. The van der Waals surface area contributed by atoms with E-state index in [2.05, 4.69) is 14.9 Å². The van der Waals surface area contributed by atoms with E-state index in [0.29, 0.717) is 22.9 Å². The molecular formula is C20H23N3O4S. The Kier molecular flexibility index (Phi) is 5.16. The molecule has 3 aromatic rings. The number of anilines is 1. The Balaban J connectivity index is 2.02. The molecule has 0 bridgehead atoms. The summed E-state index contributed by atoms with van der Waals surface area (Å²) in [7, 11) is -2.30. The van der Waals surface area contributed by atoms with Gasteiger partial charge >= 0.3 is 0 Å². The summed E-state index contributed by atoms with van der Waals surface area (Å²) in [4.78, 5) is 4.48. The quantitative estimate of drug-likeness (QED) is 0.690. The van der Waals surface area contributed by atoms with Crippen molar-refractivity contribution in [2.24, 2.45) is 0 Å². The summed E-state index contributed by atoms with van der Waals surface area (Å²) in [5, 5.41) is 4.00. The van der Waals surface area contributed by atoms with Gasteiger partial charge in [-0.15, -0.1) is 0 Å². The van der Waals surface area contributed by atoms with Gasteiger partial charge in [0.2, 0.25) is 11.7 Å². The lowest BCUT2D eigenvalue weighted by molar-refractivity contribution is 0.321. The van der Waals surface area contributed by atoms with Crippen LogP contribution in [0.1, 0.15) is 32.2 Å². The minimum absolute atomic E-state index is 0.0758. The van der Waals surface area contributed by atoms with Crippen LogP contribution in [-0.4, -0.2) is 25.7 Å². The van der Waals surface area contributed by atoms with E-state index >= 15 is 0 Å². The second kappa shape index (κ2) is 7.27. The number of hydrogen-bond donors (Lipinski definition) is 1. The first-order valence-corrected chi connectivity index (χ1v) is 10.2. The Morgan fingerprint density at radius 3 is 2.46 bits per heavy atom. The predicted molar refractivity (Wildman–Crippen MR) is 107 cm³/mol. The highest BCUT2D eigenvalue weighted by atomic mass is 32.2. The normalized spacial score (nSPS) is 12.0. The van der Waals surface area contributed by atoms with Crippen LogP contribution in [0.3, 0.4) is 0 Å². The van der Waals surface area contributed by atoms with Crippen LogP contribution in [0.2, 0.25) is 0 Å². The molecule has 148 valence electrons. The Labute approximate surface area is 164 Å². The van der Waals surface area contributed by atoms with Crippen molar-refractivity contribution in [3.8, 4) is 17.1 Å². The number of methoxy groups -OCH3 is 1. The van der Waals surface area contributed by atoms with Crippen LogP contribution in [0.5, 0.6) is 5.75 Å². The zero-order valence-corrected chi connectivity index (χ0v) is 17.3. The van der Waals surface area contributed by atoms with Gasteiger partial charge in [-0.1, -0.05) is 38.1 Å². The molecule has 28 heavy (non-hydrogen) atoms. The number of nitrogens with one attached hydrogen (secondary N) is 1. The van der Waals surface area contributed by atoms with Gasteiger partial charge in [0, 0.05) is 11.1 Å². The Morgan fingerprint density at radius 1 is 1.11 bits per heavy atom. The number of rotatable bonds is 5. The molecule has 0 aliphatic carbocycles. The number of ether oxygens (including phenoxy) is 1. The van der Waals surface area contributed by atoms with E-state index < -0.39 is 10.0 Å². The fourth-order valence-electron chi connectivity index (χ4n) is 2.59. The molecule has 0 aliphatic heterocycles. The molecule has 7 nitrogen and oxygen atoms in total. The largest absolute Gasteiger partial charge is 0.496 e. The molecule has 0 saturated heterocycles. The standard InChI is InChI=1S/C20H23N3O4S/c1-13-7-6-8-14(11-13)23-28(24,25)15-9-10-17(26-5)16(12-15)18-21-19(27-22-18)20(2,3)4/h6-12,23H,1-5H3. The van der Waals surface area contributed by atoms with Crippen LogP contribution >= 0.6 is 0 Å². The fourth-order valence-corrected chi connectivity index (χ4v) is 3.66. The minimum atomic E-state index is -3.80. The molecule has 1 aromatic heterocycles. The molecule has 0 radical (unpaired) electrons. The van der Waals surface area contributed by atoms with Crippen molar-refractivity contribution in [3.05, 3.63) is 53.9 Å². The third-order valence-electron chi connectivity index (χ3n) is 4.06. The van der Waals surface area contributed by atoms with E-state index in [1.807, 2.05) is 33.8 Å². The maximum absolute atomic E-state index is 12.8. The van der Waals surface area contributed by atoms with Gasteiger partial charge in [-0.2, -0.15) is 4.98 Å². The van der Waals surface area contributed by atoms with Crippen molar-refractivity contribution in [1.82, 2.24) is 10.1 Å². The van der Waals surface area contributed by atoms with Gasteiger partial charge in [-0.25, -0.2) is 8.42 Å². The van der Waals surface area contributed by atoms with Gasteiger partial charge < -0.3 is 9.26 Å². The molecule has 0 amide bonds. The van der Waals surface area contributed by atoms with Crippen LogP contribution in [0.4, 0.5) is 5.69 Å². The summed E-state index contributed by atoms with van der Waals surface area (Å²) in [6, 6.07) is 11.7. The van der Waals surface area contributed by atoms with Crippen LogP contribution in [0, 0.1) is 6.92 Å². The number of aromatic nitrogens is 2.